The molecule has 0 aromatic heterocycles. The highest BCUT2D eigenvalue weighted by molar-refractivity contribution is 5.84. The summed E-state index contributed by atoms with van der Waals surface area (Å²) in [6, 6.07) is 26.1. The number of amides is 1. The molecule has 6 nitrogen and oxygen atoms in total. The minimum atomic E-state index is -0.785. The van der Waals surface area contributed by atoms with Crippen LogP contribution in [0.3, 0.4) is 0 Å². The third-order valence-electron chi connectivity index (χ3n) is 7.01. The van der Waals surface area contributed by atoms with Crippen LogP contribution in [0.4, 0.5) is 4.79 Å². The second-order valence-corrected chi connectivity index (χ2v) is 11.4. The number of benzene rings is 3. The number of ether oxygens (including phenoxy) is 2. The van der Waals surface area contributed by atoms with Gasteiger partial charge in [-0.05, 0) is 48.6 Å². The fraction of sp³-hybridized carbons (Fsp3) is 0.333. The number of carbonyl (C=O) groups excluding carboxylic acids is 2. The van der Waals surface area contributed by atoms with Crippen LogP contribution < -0.4 is 10.6 Å². The molecule has 1 aliphatic carbocycles. The Hall–Kier alpha value is -3.90. The Labute approximate surface area is 231 Å². The van der Waals surface area contributed by atoms with E-state index in [1.54, 1.807) is 0 Å². The van der Waals surface area contributed by atoms with E-state index < -0.39 is 28.7 Å². The smallest absolute Gasteiger partial charge is 0.407 e. The molecule has 39 heavy (non-hydrogen) atoms. The van der Waals surface area contributed by atoms with E-state index in [0.29, 0.717) is 0 Å². The molecule has 0 aliphatic heterocycles. The molecular weight excluding hydrogens is 488 g/mol. The lowest BCUT2D eigenvalue weighted by atomic mass is 9.76. The molecule has 3 aromatic carbocycles. The molecule has 6 heteroatoms. The van der Waals surface area contributed by atoms with Gasteiger partial charge in [0.15, 0.2) is 0 Å². The molecule has 0 saturated heterocycles. The van der Waals surface area contributed by atoms with Gasteiger partial charge in [0.2, 0.25) is 0 Å². The molecule has 204 valence electrons. The standard InChI is InChI=1S/C33H38N2O4/c1-31(2,3)39-30(37)34-22-14-21-32(4,5)28(29(36)38-6)35-33(23-15-8-7-9-16-23)26-19-12-10-17-24(26)25-18-11-13-20-27(25)33/h7-21,28,35H,22H2,1-6H3,(H,34,37)/b21-14-/t28-/m0/s1. The first-order chi connectivity index (χ1) is 18.5. The minimum Gasteiger partial charge on any atom is -0.468 e. The monoisotopic (exact) mass is 526 g/mol. The van der Waals surface area contributed by atoms with Crippen LogP contribution in [0.5, 0.6) is 0 Å². The summed E-state index contributed by atoms with van der Waals surface area (Å²) < 4.78 is 10.7. The molecule has 1 aliphatic rings. The predicted octanol–water partition coefficient (Wildman–Crippen LogP) is 6.20. The molecular formula is C33H38N2O4. The first-order valence-corrected chi connectivity index (χ1v) is 13.2. The van der Waals surface area contributed by atoms with Gasteiger partial charge >= 0.3 is 12.1 Å². The van der Waals surface area contributed by atoms with Gasteiger partial charge in [0.1, 0.15) is 11.6 Å². The average molecular weight is 527 g/mol. The summed E-state index contributed by atoms with van der Waals surface area (Å²) in [7, 11) is 1.41. The third kappa shape index (κ3) is 5.76. The van der Waals surface area contributed by atoms with Crippen LogP contribution in [0.25, 0.3) is 11.1 Å². The van der Waals surface area contributed by atoms with Crippen LogP contribution in [0, 0.1) is 5.41 Å². The Morgan fingerprint density at radius 3 is 1.92 bits per heavy atom. The molecule has 2 N–H and O–H groups in total. The SMILES string of the molecule is COC(=O)[C@H](NC1(c2ccccc2)c2ccccc2-c2ccccc21)C(C)(C)/C=C\CNC(=O)OC(C)(C)C. The summed E-state index contributed by atoms with van der Waals surface area (Å²) in [6.45, 7) is 9.69. The first kappa shape index (κ1) is 28.1. The summed E-state index contributed by atoms with van der Waals surface area (Å²) in [4.78, 5) is 25.5. The maximum Gasteiger partial charge on any atom is 0.407 e. The van der Waals surface area contributed by atoms with Crippen molar-refractivity contribution in [2.45, 2.75) is 51.8 Å². The van der Waals surface area contributed by atoms with Gasteiger partial charge in [0, 0.05) is 12.0 Å². The Bertz CT molecular complexity index is 1310. The molecule has 0 bridgehead atoms. The van der Waals surface area contributed by atoms with Crippen molar-refractivity contribution < 1.29 is 19.1 Å². The molecule has 1 atom stereocenters. The number of hydrogen-bond acceptors (Lipinski definition) is 5. The van der Waals surface area contributed by atoms with Gasteiger partial charge in [0.05, 0.1) is 12.6 Å². The summed E-state index contributed by atoms with van der Waals surface area (Å²) in [6.07, 6.45) is 3.28. The fourth-order valence-electron chi connectivity index (χ4n) is 5.27. The summed E-state index contributed by atoms with van der Waals surface area (Å²) in [5.74, 6) is -0.373. The van der Waals surface area contributed by atoms with Crippen molar-refractivity contribution in [2.75, 3.05) is 13.7 Å². The van der Waals surface area contributed by atoms with Crippen molar-refractivity contribution in [1.29, 1.82) is 0 Å². The van der Waals surface area contributed by atoms with Crippen LogP contribution >= 0.6 is 0 Å². The summed E-state index contributed by atoms with van der Waals surface area (Å²) in [5, 5.41) is 6.53. The highest BCUT2D eigenvalue weighted by Gasteiger charge is 2.49. The quantitative estimate of drug-likeness (QED) is 0.270. The summed E-state index contributed by atoms with van der Waals surface area (Å²) in [5.41, 5.74) is 3.40. The van der Waals surface area contributed by atoms with E-state index >= 15 is 0 Å². The highest BCUT2D eigenvalue weighted by Crippen LogP contribution is 2.51. The lowest BCUT2D eigenvalue weighted by Crippen LogP contribution is -2.57. The van der Waals surface area contributed by atoms with Gasteiger partial charge in [-0.3, -0.25) is 10.1 Å². The Morgan fingerprint density at radius 1 is 0.846 bits per heavy atom. The van der Waals surface area contributed by atoms with Crippen molar-refractivity contribution >= 4 is 12.1 Å². The number of nitrogens with one attached hydrogen (secondary N) is 2. The molecule has 3 aromatic rings. The minimum absolute atomic E-state index is 0.266. The zero-order chi connectivity index (χ0) is 28.3. The summed E-state index contributed by atoms with van der Waals surface area (Å²) >= 11 is 0. The van der Waals surface area contributed by atoms with Crippen molar-refractivity contribution in [3.63, 3.8) is 0 Å². The number of methoxy groups -OCH3 is 1. The molecule has 0 radical (unpaired) electrons. The van der Waals surface area contributed by atoms with E-state index in [9.17, 15) is 9.59 Å². The maximum atomic E-state index is 13.4. The zero-order valence-electron chi connectivity index (χ0n) is 23.6. The maximum absolute atomic E-state index is 13.4. The normalized spacial score (nSPS) is 14.8. The number of carbonyl (C=O) groups is 2. The van der Waals surface area contributed by atoms with E-state index in [0.717, 1.165) is 27.8 Å². The Balaban J connectivity index is 1.74. The largest absolute Gasteiger partial charge is 0.468 e. The van der Waals surface area contributed by atoms with Crippen molar-refractivity contribution in [3.05, 3.63) is 108 Å². The molecule has 0 unspecified atom stereocenters. The third-order valence-corrected chi connectivity index (χ3v) is 7.01. The molecule has 0 fully saturated rings. The van der Waals surface area contributed by atoms with Crippen LogP contribution in [0.15, 0.2) is 91.0 Å². The van der Waals surface area contributed by atoms with Gasteiger partial charge in [-0.2, -0.15) is 0 Å². The van der Waals surface area contributed by atoms with E-state index in [1.165, 1.54) is 7.11 Å². The van der Waals surface area contributed by atoms with Gasteiger partial charge in [-0.1, -0.05) is 105 Å². The highest BCUT2D eigenvalue weighted by atomic mass is 16.6. The topological polar surface area (TPSA) is 76.7 Å². The van der Waals surface area contributed by atoms with E-state index in [1.807, 2.05) is 89.2 Å². The van der Waals surface area contributed by atoms with Crippen LogP contribution in [-0.4, -0.2) is 37.4 Å². The predicted molar refractivity (Wildman–Crippen MR) is 154 cm³/mol. The van der Waals surface area contributed by atoms with Gasteiger partial charge in [-0.15, -0.1) is 0 Å². The fourth-order valence-corrected chi connectivity index (χ4v) is 5.27. The van der Waals surface area contributed by atoms with Crippen molar-refractivity contribution in [1.82, 2.24) is 10.6 Å². The van der Waals surface area contributed by atoms with Crippen molar-refractivity contribution in [2.24, 2.45) is 5.41 Å². The van der Waals surface area contributed by atoms with Gasteiger partial charge in [0.25, 0.3) is 0 Å². The molecule has 0 spiro atoms. The Kier molecular flexibility index (Phi) is 7.98. The van der Waals surface area contributed by atoms with Crippen LogP contribution in [0.1, 0.15) is 51.3 Å². The lowest BCUT2D eigenvalue weighted by Gasteiger charge is -2.41. The molecule has 0 heterocycles. The van der Waals surface area contributed by atoms with Crippen molar-refractivity contribution in [3.8, 4) is 11.1 Å². The second kappa shape index (κ2) is 11.1. The number of fused-ring (bicyclic) bond motifs is 3. The number of hydrogen-bond donors (Lipinski definition) is 2. The number of esters is 1. The van der Waals surface area contributed by atoms with Gasteiger partial charge < -0.3 is 14.8 Å². The number of alkyl carbamates (subject to hydrolysis) is 1. The van der Waals surface area contributed by atoms with Crippen LogP contribution in [0.2, 0.25) is 0 Å². The zero-order valence-corrected chi connectivity index (χ0v) is 23.6. The molecule has 0 saturated carbocycles. The number of rotatable bonds is 8. The first-order valence-electron chi connectivity index (χ1n) is 13.2. The van der Waals surface area contributed by atoms with Crippen LogP contribution in [-0.2, 0) is 19.8 Å². The Morgan fingerprint density at radius 2 is 1.38 bits per heavy atom. The van der Waals surface area contributed by atoms with E-state index in [2.05, 4.69) is 47.0 Å². The lowest BCUT2D eigenvalue weighted by molar-refractivity contribution is -0.146. The average Bonchev–Trinajstić information content (AvgIpc) is 3.19. The van der Waals surface area contributed by atoms with Gasteiger partial charge in [-0.25, -0.2) is 4.79 Å². The molecule has 1 amide bonds. The van der Waals surface area contributed by atoms with E-state index in [-0.39, 0.29) is 12.5 Å². The molecule has 4 rings (SSSR count). The second-order valence-electron chi connectivity index (χ2n) is 11.4. The van der Waals surface area contributed by atoms with E-state index in [4.69, 9.17) is 9.47 Å².